The average Bonchev–Trinajstić information content (AvgIpc) is 3.45. The molecule has 2 heterocycles. The molecular formula is C33H43FN6O2. The number of aromatic nitrogens is 2. The van der Waals surface area contributed by atoms with E-state index in [-0.39, 0.29) is 28.2 Å². The quantitative estimate of drug-likeness (QED) is 0.316. The van der Waals surface area contributed by atoms with Crippen LogP contribution in [0, 0.1) is 22.6 Å². The molecule has 2 bridgehead atoms. The molecule has 2 aromatic carbocycles. The first-order valence-corrected chi connectivity index (χ1v) is 15.2. The zero-order valence-electron chi connectivity index (χ0n) is 25.4. The minimum atomic E-state index is -0.342. The maximum absolute atomic E-state index is 14.4. The lowest BCUT2D eigenvalue weighted by Gasteiger charge is -2.42. The van der Waals surface area contributed by atoms with Crippen LogP contribution < -0.4 is 20.9 Å². The summed E-state index contributed by atoms with van der Waals surface area (Å²) in [7, 11) is 1.51. The van der Waals surface area contributed by atoms with Crippen molar-refractivity contribution in [2.45, 2.75) is 72.0 Å². The molecule has 4 atom stereocenters. The summed E-state index contributed by atoms with van der Waals surface area (Å²) in [6.07, 6.45) is 5.71. The topological polar surface area (TPSA) is 83.8 Å². The Labute approximate surface area is 247 Å². The van der Waals surface area contributed by atoms with Crippen LogP contribution in [0.15, 0.2) is 52.5 Å². The van der Waals surface area contributed by atoms with Gasteiger partial charge in [-0.15, -0.1) is 0 Å². The second-order valence-corrected chi connectivity index (χ2v) is 13.4. The molecule has 1 aliphatic heterocycles. The first-order chi connectivity index (χ1) is 20.1. The Morgan fingerprint density at radius 2 is 2.07 bits per heavy atom. The van der Waals surface area contributed by atoms with E-state index in [0.29, 0.717) is 47.1 Å². The number of guanidine groups is 1. The number of hydrogen-bond donors (Lipinski definition) is 2. The molecule has 3 aliphatic rings. The highest BCUT2D eigenvalue weighted by Gasteiger charge is 2.59. The van der Waals surface area contributed by atoms with Crippen LogP contribution in [0.4, 0.5) is 10.1 Å². The minimum absolute atomic E-state index is 0.137. The molecule has 9 heteroatoms. The molecule has 224 valence electrons. The van der Waals surface area contributed by atoms with Crippen LogP contribution in [-0.2, 0) is 13.0 Å². The largest absolute Gasteiger partial charge is 0.497 e. The fourth-order valence-corrected chi connectivity index (χ4v) is 7.66. The Balaban J connectivity index is 1.26. The molecule has 3 aromatic rings. The zero-order chi connectivity index (χ0) is 29.6. The van der Waals surface area contributed by atoms with Gasteiger partial charge in [0.1, 0.15) is 11.6 Å². The highest BCUT2D eigenvalue weighted by atomic mass is 19.1. The van der Waals surface area contributed by atoms with Crippen LogP contribution in [0.3, 0.4) is 0 Å². The van der Waals surface area contributed by atoms with Gasteiger partial charge in [-0.1, -0.05) is 26.8 Å². The highest BCUT2D eigenvalue weighted by Crippen LogP contribution is 2.63. The normalized spacial score (nSPS) is 27.0. The Hall–Kier alpha value is -3.46. The van der Waals surface area contributed by atoms with Gasteiger partial charge in [0.2, 0.25) is 0 Å². The van der Waals surface area contributed by atoms with Gasteiger partial charge in [0, 0.05) is 44.0 Å². The summed E-state index contributed by atoms with van der Waals surface area (Å²) >= 11 is 0. The molecule has 1 saturated heterocycles. The number of rotatable bonds is 6. The molecule has 3 fully saturated rings. The van der Waals surface area contributed by atoms with E-state index in [4.69, 9.17) is 9.73 Å². The molecule has 0 amide bonds. The molecule has 8 nitrogen and oxygen atoms in total. The summed E-state index contributed by atoms with van der Waals surface area (Å²) in [6, 6.07) is 11.1. The Morgan fingerprint density at radius 1 is 1.24 bits per heavy atom. The monoisotopic (exact) mass is 574 g/mol. The van der Waals surface area contributed by atoms with Crippen molar-refractivity contribution in [2.24, 2.45) is 21.7 Å². The second kappa shape index (κ2) is 11.0. The lowest BCUT2D eigenvalue weighted by Crippen LogP contribution is -2.54. The van der Waals surface area contributed by atoms with Crippen molar-refractivity contribution >= 4 is 22.5 Å². The van der Waals surface area contributed by atoms with Gasteiger partial charge < -0.3 is 20.3 Å². The molecule has 1 aromatic heterocycles. The first kappa shape index (κ1) is 28.6. The van der Waals surface area contributed by atoms with Gasteiger partial charge in [0.15, 0.2) is 5.96 Å². The molecule has 1 unspecified atom stereocenters. The SMILES string of the molecule is COc1ccc(CCn2cnc3cc(N/C(=N/C4C(C)(C)[C@@H]5CC[C@@]4(C)C5)N4CCN[C@@H](C)C4)ccc3c2=O)c(F)c1. The van der Waals surface area contributed by atoms with Gasteiger partial charge in [-0.25, -0.2) is 14.4 Å². The lowest BCUT2D eigenvalue weighted by atomic mass is 9.69. The Morgan fingerprint density at radius 3 is 2.79 bits per heavy atom. The maximum Gasteiger partial charge on any atom is 0.261 e. The van der Waals surface area contributed by atoms with E-state index in [0.717, 1.165) is 31.3 Å². The van der Waals surface area contributed by atoms with Crippen molar-refractivity contribution in [3.8, 4) is 5.75 Å². The van der Waals surface area contributed by atoms with Crippen molar-refractivity contribution in [3.05, 3.63) is 64.5 Å². The van der Waals surface area contributed by atoms with Crippen LogP contribution >= 0.6 is 0 Å². The molecule has 0 radical (unpaired) electrons. The predicted molar refractivity (Wildman–Crippen MR) is 166 cm³/mol. The van der Waals surface area contributed by atoms with Crippen molar-refractivity contribution < 1.29 is 9.13 Å². The molecule has 6 rings (SSSR count). The van der Waals surface area contributed by atoms with Crippen LogP contribution in [0.5, 0.6) is 5.75 Å². The number of piperazine rings is 1. The number of ether oxygens (including phenoxy) is 1. The number of fused-ring (bicyclic) bond motifs is 3. The number of aryl methyl sites for hydroxylation is 2. The van der Waals surface area contributed by atoms with Crippen LogP contribution in [-0.4, -0.2) is 59.2 Å². The summed E-state index contributed by atoms with van der Waals surface area (Å²) in [6.45, 7) is 12.4. The Kier molecular flexibility index (Phi) is 7.50. The van der Waals surface area contributed by atoms with E-state index in [1.165, 1.54) is 32.4 Å². The van der Waals surface area contributed by atoms with Gasteiger partial charge in [0.25, 0.3) is 5.56 Å². The van der Waals surface area contributed by atoms with Crippen molar-refractivity contribution in [1.82, 2.24) is 19.8 Å². The highest BCUT2D eigenvalue weighted by molar-refractivity contribution is 5.96. The predicted octanol–water partition coefficient (Wildman–Crippen LogP) is 5.06. The third kappa shape index (κ3) is 5.27. The van der Waals surface area contributed by atoms with Crippen molar-refractivity contribution in [3.63, 3.8) is 0 Å². The van der Waals surface area contributed by atoms with Crippen LogP contribution in [0.25, 0.3) is 10.9 Å². The smallest absolute Gasteiger partial charge is 0.261 e. The molecule has 2 N–H and O–H groups in total. The summed E-state index contributed by atoms with van der Waals surface area (Å²) in [5, 5.41) is 7.72. The lowest BCUT2D eigenvalue weighted by molar-refractivity contribution is 0.140. The second-order valence-electron chi connectivity index (χ2n) is 13.4. The van der Waals surface area contributed by atoms with E-state index in [9.17, 15) is 9.18 Å². The molecule has 2 saturated carbocycles. The minimum Gasteiger partial charge on any atom is -0.497 e. The van der Waals surface area contributed by atoms with Crippen molar-refractivity contribution in [1.29, 1.82) is 0 Å². The van der Waals surface area contributed by atoms with E-state index in [1.807, 2.05) is 18.2 Å². The fourth-order valence-electron chi connectivity index (χ4n) is 7.66. The summed E-state index contributed by atoms with van der Waals surface area (Å²) in [5.41, 5.74) is 2.27. The summed E-state index contributed by atoms with van der Waals surface area (Å²) < 4.78 is 21.1. The molecule has 2 aliphatic carbocycles. The third-order valence-corrected chi connectivity index (χ3v) is 10.1. The van der Waals surface area contributed by atoms with Gasteiger partial charge in [-0.2, -0.15) is 0 Å². The average molecular weight is 575 g/mol. The van der Waals surface area contributed by atoms with Crippen LogP contribution in [0.2, 0.25) is 0 Å². The maximum atomic E-state index is 14.4. The number of anilines is 1. The standard InChI is InChI=1S/C33H43FN6O2/c1-21-19-39(15-13-35-21)31(38-30-32(2,3)23-10-12-33(30,4)18-23)37-24-7-9-26-28(16-24)36-20-40(29(26)41)14-11-22-6-8-25(42-5)17-27(22)34/h6-9,16-17,20-21,23,30,35H,10-15,18-19H2,1-5H3,(H,37,38)/t21-,23+,30?,33-/m0/s1. The van der Waals surface area contributed by atoms with Gasteiger partial charge in [-0.05, 0) is 79.2 Å². The van der Waals surface area contributed by atoms with E-state index >= 15 is 0 Å². The zero-order valence-corrected chi connectivity index (χ0v) is 25.4. The molecule has 0 spiro atoms. The Bertz CT molecular complexity index is 1560. The van der Waals surface area contributed by atoms with Gasteiger partial charge >= 0.3 is 0 Å². The molecular weight excluding hydrogens is 531 g/mol. The third-order valence-electron chi connectivity index (χ3n) is 10.1. The number of benzene rings is 2. The summed E-state index contributed by atoms with van der Waals surface area (Å²) in [4.78, 5) is 25.8. The van der Waals surface area contributed by atoms with Crippen molar-refractivity contribution in [2.75, 3.05) is 32.1 Å². The van der Waals surface area contributed by atoms with Gasteiger partial charge in [0.05, 0.1) is 30.4 Å². The number of halogens is 1. The van der Waals surface area contributed by atoms with E-state index in [2.05, 4.69) is 48.2 Å². The van der Waals surface area contributed by atoms with Crippen LogP contribution in [0.1, 0.15) is 52.5 Å². The first-order valence-electron chi connectivity index (χ1n) is 15.2. The summed E-state index contributed by atoms with van der Waals surface area (Å²) in [5.74, 6) is 1.75. The number of nitrogens with zero attached hydrogens (tertiary/aromatic N) is 4. The number of hydrogen-bond acceptors (Lipinski definition) is 5. The number of methoxy groups -OCH3 is 1. The molecule has 42 heavy (non-hydrogen) atoms. The fraction of sp³-hybridized carbons (Fsp3) is 0.545. The number of nitrogens with one attached hydrogen (secondary N) is 2. The van der Waals surface area contributed by atoms with Gasteiger partial charge in [-0.3, -0.25) is 9.36 Å². The number of aliphatic imine (C=N–C) groups is 1. The van der Waals surface area contributed by atoms with E-state index < -0.39 is 0 Å². The van der Waals surface area contributed by atoms with E-state index in [1.54, 1.807) is 23.0 Å².